The Hall–Kier alpha value is -2.51. The first-order valence-electron chi connectivity index (χ1n) is 18.2. The van der Waals surface area contributed by atoms with Crippen LogP contribution >= 0.6 is 12.6 Å². The van der Waals surface area contributed by atoms with Crippen molar-refractivity contribution in [3.05, 3.63) is 87.5 Å². The predicted octanol–water partition coefficient (Wildman–Crippen LogP) is 9.40. The van der Waals surface area contributed by atoms with Crippen molar-refractivity contribution >= 4 is 12.6 Å². The van der Waals surface area contributed by atoms with Crippen LogP contribution in [0.25, 0.3) is 0 Å². The van der Waals surface area contributed by atoms with Gasteiger partial charge < -0.3 is 10.2 Å². The molecule has 0 atom stereocenters. The van der Waals surface area contributed by atoms with Crippen LogP contribution < -0.4 is 0 Å². The summed E-state index contributed by atoms with van der Waals surface area (Å²) in [6.07, 6.45) is 0. The summed E-state index contributed by atoms with van der Waals surface area (Å²) in [7, 11) is 0. The summed E-state index contributed by atoms with van der Waals surface area (Å²) in [5, 5.41) is 23.4. The SMILES string of the molecule is CC(C)(C)c1cc(CN2CCN(Cc3ccccc3S)CCN(Cc3cc(C(C)(C)C)cc(C(C)(C)C)c3O)CC2)c(O)c(C(C)(C)C)c1. The van der Waals surface area contributed by atoms with Crippen molar-refractivity contribution in [1.29, 1.82) is 0 Å². The molecule has 2 N–H and O–H groups in total. The van der Waals surface area contributed by atoms with Crippen molar-refractivity contribution in [2.75, 3.05) is 39.3 Å². The van der Waals surface area contributed by atoms with Gasteiger partial charge in [-0.3, -0.25) is 14.7 Å². The van der Waals surface area contributed by atoms with E-state index in [9.17, 15) is 10.2 Å². The van der Waals surface area contributed by atoms with E-state index < -0.39 is 0 Å². The van der Waals surface area contributed by atoms with Gasteiger partial charge in [-0.15, -0.1) is 12.6 Å². The Kier molecular flexibility index (Phi) is 12.0. The van der Waals surface area contributed by atoms with E-state index in [1.54, 1.807) is 0 Å². The van der Waals surface area contributed by atoms with Crippen LogP contribution in [-0.2, 0) is 41.3 Å². The third kappa shape index (κ3) is 10.3. The number of hydrogen-bond acceptors (Lipinski definition) is 6. The van der Waals surface area contributed by atoms with Crippen LogP contribution in [0.1, 0.15) is 122 Å². The zero-order valence-electron chi connectivity index (χ0n) is 32.7. The maximum Gasteiger partial charge on any atom is 0.123 e. The molecule has 1 fully saturated rings. The Balaban J connectivity index is 1.71. The van der Waals surface area contributed by atoms with Crippen molar-refractivity contribution in [3.63, 3.8) is 0 Å². The molecule has 0 amide bonds. The average molecular weight is 688 g/mol. The van der Waals surface area contributed by atoms with E-state index in [2.05, 4.69) is 140 Å². The summed E-state index contributed by atoms with van der Waals surface area (Å²) in [6.45, 7) is 34.2. The Morgan fingerprint density at radius 3 is 1.12 bits per heavy atom. The van der Waals surface area contributed by atoms with Gasteiger partial charge in [0.15, 0.2) is 0 Å². The number of phenols is 2. The lowest BCUT2D eigenvalue weighted by molar-refractivity contribution is 0.206. The van der Waals surface area contributed by atoms with E-state index in [1.807, 2.05) is 6.07 Å². The minimum absolute atomic E-state index is 0.0282. The van der Waals surface area contributed by atoms with Crippen LogP contribution in [-0.4, -0.2) is 64.2 Å². The second kappa shape index (κ2) is 15.0. The van der Waals surface area contributed by atoms with Gasteiger partial charge >= 0.3 is 0 Å². The minimum atomic E-state index is -0.169. The van der Waals surface area contributed by atoms with Gasteiger partial charge in [-0.2, -0.15) is 0 Å². The van der Waals surface area contributed by atoms with E-state index in [4.69, 9.17) is 12.6 Å². The zero-order chi connectivity index (χ0) is 36.5. The fraction of sp³-hybridized carbons (Fsp3) is 0.581. The molecule has 0 bridgehead atoms. The number of nitrogens with zero attached hydrogens (tertiary/aromatic N) is 3. The second-order valence-corrected chi connectivity index (χ2v) is 19.0. The minimum Gasteiger partial charge on any atom is -0.507 e. The fourth-order valence-corrected chi connectivity index (χ4v) is 6.90. The first-order chi connectivity index (χ1) is 22.5. The van der Waals surface area contributed by atoms with Gasteiger partial charge in [0, 0.05) is 74.9 Å². The molecule has 0 aliphatic carbocycles. The number of phenolic OH excluding ortho intramolecular Hbond substituents is 2. The highest BCUT2D eigenvalue weighted by atomic mass is 32.1. The summed E-state index contributed by atoms with van der Waals surface area (Å²) in [5.74, 6) is 0.855. The lowest BCUT2D eigenvalue weighted by Crippen LogP contribution is -2.35. The first kappa shape index (κ1) is 39.3. The zero-order valence-corrected chi connectivity index (χ0v) is 33.6. The van der Waals surface area contributed by atoms with Crippen LogP contribution in [0.5, 0.6) is 11.5 Å². The Morgan fingerprint density at radius 2 is 0.816 bits per heavy atom. The maximum absolute atomic E-state index is 11.7. The van der Waals surface area contributed by atoms with Gasteiger partial charge in [0.1, 0.15) is 11.5 Å². The molecule has 1 saturated heterocycles. The van der Waals surface area contributed by atoms with Gasteiger partial charge in [0.2, 0.25) is 0 Å². The molecule has 0 aromatic heterocycles. The quantitative estimate of drug-likeness (QED) is 0.226. The third-order valence-electron chi connectivity index (χ3n) is 10.1. The van der Waals surface area contributed by atoms with Gasteiger partial charge in [0.05, 0.1) is 0 Å². The van der Waals surface area contributed by atoms with Crippen molar-refractivity contribution in [1.82, 2.24) is 14.7 Å². The highest BCUT2D eigenvalue weighted by molar-refractivity contribution is 7.80. The molecule has 4 rings (SSSR count). The standard InChI is InChI=1S/C43H65N3O2S/c1-40(2,3)33-23-31(38(47)35(25-33)42(7,8)9)28-45-19-17-44(27-30-15-13-14-16-37(30)49)18-20-46(22-21-45)29-32-24-34(41(4,5)6)26-36(39(32)48)43(10,11)12/h13-16,23-26,47-49H,17-22,27-29H2,1-12H3. The number of thiol groups is 1. The number of hydrogen-bond donors (Lipinski definition) is 3. The molecule has 1 aliphatic rings. The summed E-state index contributed by atoms with van der Waals surface area (Å²) < 4.78 is 0. The lowest BCUT2D eigenvalue weighted by atomic mass is 9.79. The molecule has 1 aliphatic heterocycles. The molecule has 0 radical (unpaired) electrons. The van der Waals surface area contributed by atoms with Crippen LogP contribution in [0, 0.1) is 0 Å². The first-order valence-corrected chi connectivity index (χ1v) is 18.7. The maximum atomic E-state index is 11.7. The van der Waals surface area contributed by atoms with Gasteiger partial charge in [-0.25, -0.2) is 0 Å². The molecular weight excluding hydrogens is 623 g/mol. The molecule has 1 heterocycles. The number of rotatable bonds is 6. The molecule has 0 unspecified atom stereocenters. The van der Waals surface area contributed by atoms with Crippen LogP contribution in [0.4, 0.5) is 0 Å². The highest BCUT2D eigenvalue weighted by Gasteiger charge is 2.28. The molecule has 6 heteroatoms. The van der Waals surface area contributed by atoms with Crippen molar-refractivity contribution in [2.24, 2.45) is 0 Å². The van der Waals surface area contributed by atoms with E-state index in [1.165, 1.54) is 16.7 Å². The lowest BCUT2D eigenvalue weighted by Gasteiger charge is -2.31. The van der Waals surface area contributed by atoms with Crippen LogP contribution in [0.3, 0.4) is 0 Å². The fourth-order valence-electron chi connectivity index (χ4n) is 6.67. The molecule has 5 nitrogen and oxygen atoms in total. The summed E-state index contributed by atoms with van der Waals surface area (Å²) in [6, 6.07) is 17.3. The van der Waals surface area contributed by atoms with E-state index >= 15 is 0 Å². The number of benzene rings is 3. The Morgan fingerprint density at radius 1 is 0.490 bits per heavy atom. The summed E-state index contributed by atoms with van der Waals surface area (Å²) in [4.78, 5) is 8.59. The average Bonchev–Trinajstić information content (AvgIpc) is 3.05. The van der Waals surface area contributed by atoms with Crippen LogP contribution in [0.2, 0.25) is 0 Å². The predicted molar refractivity (Wildman–Crippen MR) is 211 cm³/mol. The molecule has 3 aromatic carbocycles. The third-order valence-corrected chi connectivity index (χ3v) is 10.5. The molecule has 270 valence electrons. The van der Waals surface area contributed by atoms with Crippen molar-refractivity contribution in [2.45, 2.75) is 129 Å². The van der Waals surface area contributed by atoms with E-state index in [0.29, 0.717) is 24.6 Å². The van der Waals surface area contributed by atoms with Crippen molar-refractivity contribution in [3.8, 4) is 11.5 Å². The van der Waals surface area contributed by atoms with E-state index in [0.717, 1.165) is 73.0 Å². The monoisotopic (exact) mass is 687 g/mol. The molecule has 3 aromatic rings. The Labute approximate surface area is 304 Å². The van der Waals surface area contributed by atoms with Crippen molar-refractivity contribution < 1.29 is 10.2 Å². The van der Waals surface area contributed by atoms with Gasteiger partial charge in [-0.1, -0.05) is 126 Å². The smallest absolute Gasteiger partial charge is 0.123 e. The Bertz CT molecular complexity index is 1490. The van der Waals surface area contributed by atoms with Crippen LogP contribution in [0.15, 0.2) is 53.4 Å². The van der Waals surface area contributed by atoms with E-state index in [-0.39, 0.29) is 21.7 Å². The van der Waals surface area contributed by atoms with Gasteiger partial charge in [-0.05, 0) is 55.5 Å². The normalized spacial score (nSPS) is 16.8. The topological polar surface area (TPSA) is 50.2 Å². The summed E-state index contributed by atoms with van der Waals surface area (Å²) >= 11 is 4.78. The molecular formula is C43H65N3O2S. The van der Waals surface area contributed by atoms with Gasteiger partial charge in [0.25, 0.3) is 0 Å². The highest BCUT2D eigenvalue weighted by Crippen LogP contribution is 2.40. The molecule has 49 heavy (non-hydrogen) atoms. The number of aromatic hydroxyl groups is 2. The second-order valence-electron chi connectivity index (χ2n) is 18.5. The molecule has 0 spiro atoms. The largest absolute Gasteiger partial charge is 0.507 e. The molecule has 0 saturated carbocycles. The summed E-state index contributed by atoms with van der Waals surface area (Å²) in [5.41, 5.74) is 7.38.